The van der Waals surface area contributed by atoms with Crippen LogP contribution in [-0.4, -0.2) is 20.3 Å². The molecule has 0 heterocycles. The van der Waals surface area contributed by atoms with E-state index < -0.39 is 0 Å². The maximum atomic E-state index is 4.97. The van der Waals surface area contributed by atoms with Crippen LogP contribution in [0.4, 0.5) is 0 Å². The van der Waals surface area contributed by atoms with E-state index in [1.54, 1.807) is 7.11 Å². The van der Waals surface area contributed by atoms with Gasteiger partial charge in [-0.3, -0.25) is 0 Å². The van der Waals surface area contributed by atoms with Gasteiger partial charge in [0.15, 0.2) is 0 Å². The molecule has 1 aromatic carbocycles. The summed E-state index contributed by atoms with van der Waals surface area (Å²) in [4.78, 5) is 0. The summed E-state index contributed by atoms with van der Waals surface area (Å²) in [5.41, 5.74) is 4.04. The van der Waals surface area contributed by atoms with E-state index in [0.717, 1.165) is 19.7 Å². The van der Waals surface area contributed by atoms with Crippen molar-refractivity contribution in [1.82, 2.24) is 5.32 Å². The summed E-state index contributed by atoms with van der Waals surface area (Å²) in [7, 11) is 1.72. The maximum absolute atomic E-state index is 4.97. The van der Waals surface area contributed by atoms with Crippen molar-refractivity contribution < 1.29 is 4.74 Å². The average molecular weight is 193 g/mol. The summed E-state index contributed by atoms with van der Waals surface area (Å²) in [6, 6.07) is 6.55. The molecular formula is C12H19NO. The lowest BCUT2D eigenvalue weighted by atomic mass is 10.1. The molecule has 0 unspecified atom stereocenters. The molecule has 2 nitrogen and oxygen atoms in total. The van der Waals surface area contributed by atoms with Gasteiger partial charge in [0.2, 0.25) is 0 Å². The number of ether oxygens (including phenoxy) is 1. The second-order valence-electron chi connectivity index (χ2n) is 3.60. The van der Waals surface area contributed by atoms with Gasteiger partial charge >= 0.3 is 0 Å². The zero-order valence-electron chi connectivity index (χ0n) is 9.26. The minimum Gasteiger partial charge on any atom is -0.383 e. The predicted octanol–water partition coefficient (Wildman–Crippen LogP) is 2.04. The lowest BCUT2D eigenvalue weighted by Crippen LogP contribution is -2.19. The quantitative estimate of drug-likeness (QED) is 0.723. The van der Waals surface area contributed by atoms with Crippen molar-refractivity contribution in [2.75, 3.05) is 20.3 Å². The number of aryl methyl sites for hydroxylation is 2. The van der Waals surface area contributed by atoms with E-state index in [4.69, 9.17) is 4.74 Å². The topological polar surface area (TPSA) is 21.3 Å². The molecule has 0 fully saturated rings. The first-order valence-electron chi connectivity index (χ1n) is 5.00. The second-order valence-corrected chi connectivity index (χ2v) is 3.60. The zero-order valence-corrected chi connectivity index (χ0v) is 9.26. The zero-order chi connectivity index (χ0) is 10.4. The van der Waals surface area contributed by atoms with Crippen LogP contribution in [0.25, 0.3) is 0 Å². The predicted molar refractivity (Wildman–Crippen MR) is 59.5 cm³/mol. The fourth-order valence-electron chi connectivity index (χ4n) is 1.39. The van der Waals surface area contributed by atoms with E-state index >= 15 is 0 Å². The molecule has 0 spiro atoms. The van der Waals surface area contributed by atoms with Crippen molar-refractivity contribution in [3.05, 3.63) is 34.9 Å². The second kappa shape index (κ2) is 5.78. The number of hydrogen-bond donors (Lipinski definition) is 1. The van der Waals surface area contributed by atoms with Crippen molar-refractivity contribution in [3.63, 3.8) is 0 Å². The summed E-state index contributed by atoms with van der Waals surface area (Å²) in [5, 5.41) is 3.35. The monoisotopic (exact) mass is 193 g/mol. The van der Waals surface area contributed by atoms with Crippen LogP contribution in [0.15, 0.2) is 18.2 Å². The molecule has 14 heavy (non-hydrogen) atoms. The first-order valence-corrected chi connectivity index (χ1v) is 5.00. The van der Waals surface area contributed by atoms with Gasteiger partial charge in [0.1, 0.15) is 0 Å². The summed E-state index contributed by atoms with van der Waals surface area (Å²) in [6.07, 6.45) is 0. The van der Waals surface area contributed by atoms with Crippen LogP contribution >= 0.6 is 0 Å². The highest BCUT2D eigenvalue weighted by Crippen LogP contribution is 2.09. The van der Waals surface area contributed by atoms with Crippen molar-refractivity contribution in [2.45, 2.75) is 20.4 Å². The maximum Gasteiger partial charge on any atom is 0.0587 e. The molecule has 1 N–H and O–H groups in total. The van der Waals surface area contributed by atoms with Crippen molar-refractivity contribution in [2.24, 2.45) is 0 Å². The molecule has 78 valence electrons. The molecule has 0 aliphatic carbocycles. The number of nitrogens with one attached hydrogen (secondary N) is 1. The lowest BCUT2D eigenvalue weighted by molar-refractivity contribution is 0.199. The fourth-order valence-corrected chi connectivity index (χ4v) is 1.39. The number of rotatable bonds is 5. The van der Waals surface area contributed by atoms with Crippen LogP contribution in [0.2, 0.25) is 0 Å². The Morgan fingerprint density at radius 2 is 2.07 bits per heavy atom. The molecular weight excluding hydrogens is 174 g/mol. The standard InChI is InChI=1S/C12H19NO/c1-10-4-5-11(2)12(8-10)9-13-6-7-14-3/h4-5,8,13H,6-7,9H2,1-3H3. The molecule has 1 aromatic rings. The Morgan fingerprint density at radius 3 is 2.79 bits per heavy atom. The molecule has 0 atom stereocenters. The van der Waals surface area contributed by atoms with E-state index in [0.29, 0.717) is 0 Å². The number of hydrogen-bond acceptors (Lipinski definition) is 2. The molecule has 0 amide bonds. The van der Waals surface area contributed by atoms with Gasteiger partial charge in [-0.15, -0.1) is 0 Å². The number of benzene rings is 1. The molecule has 0 aromatic heterocycles. The van der Waals surface area contributed by atoms with E-state index in [9.17, 15) is 0 Å². The van der Waals surface area contributed by atoms with Crippen LogP contribution in [0.1, 0.15) is 16.7 Å². The molecule has 0 aliphatic heterocycles. The highest BCUT2D eigenvalue weighted by Gasteiger charge is 1.97. The molecule has 0 radical (unpaired) electrons. The van der Waals surface area contributed by atoms with Crippen LogP contribution in [0.3, 0.4) is 0 Å². The van der Waals surface area contributed by atoms with Crippen LogP contribution in [0, 0.1) is 13.8 Å². The highest BCUT2D eigenvalue weighted by molar-refractivity contribution is 5.30. The summed E-state index contributed by atoms with van der Waals surface area (Å²) >= 11 is 0. The van der Waals surface area contributed by atoms with Crippen molar-refractivity contribution >= 4 is 0 Å². The van der Waals surface area contributed by atoms with E-state index in [1.165, 1.54) is 16.7 Å². The Hall–Kier alpha value is -0.860. The minimum atomic E-state index is 0.769. The smallest absolute Gasteiger partial charge is 0.0587 e. The van der Waals surface area contributed by atoms with Crippen LogP contribution in [0.5, 0.6) is 0 Å². The van der Waals surface area contributed by atoms with Crippen LogP contribution in [-0.2, 0) is 11.3 Å². The van der Waals surface area contributed by atoms with Crippen molar-refractivity contribution in [1.29, 1.82) is 0 Å². The Balaban J connectivity index is 2.45. The third-order valence-corrected chi connectivity index (χ3v) is 2.30. The van der Waals surface area contributed by atoms with Crippen LogP contribution < -0.4 is 5.32 Å². The summed E-state index contributed by atoms with van der Waals surface area (Å²) in [5.74, 6) is 0. The minimum absolute atomic E-state index is 0.769. The third kappa shape index (κ3) is 3.48. The molecule has 0 saturated heterocycles. The third-order valence-electron chi connectivity index (χ3n) is 2.30. The normalized spacial score (nSPS) is 10.5. The van der Waals surface area contributed by atoms with E-state index in [1.807, 2.05) is 0 Å². The number of methoxy groups -OCH3 is 1. The highest BCUT2D eigenvalue weighted by atomic mass is 16.5. The van der Waals surface area contributed by atoms with E-state index in [2.05, 4.69) is 37.4 Å². The van der Waals surface area contributed by atoms with Gasteiger partial charge in [0.05, 0.1) is 6.61 Å². The molecule has 0 saturated carbocycles. The molecule has 0 aliphatic rings. The first kappa shape index (κ1) is 11.2. The Labute approximate surface area is 86.3 Å². The summed E-state index contributed by atoms with van der Waals surface area (Å²) < 4.78 is 4.97. The van der Waals surface area contributed by atoms with Gasteiger partial charge in [-0.05, 0) is 25.0 Å². The summed E-state index contributed by atoms with van der Waals surface area (Å²) in [6.45, 7) is 6.87. The average Bonchev–Trinajstić information content (AvgIpc) is 2.18. The van der Waals surface area contributed by atoms with Gasteiger partial charge in [-0.1, -0.05) is 23.8 Å². The van der Waals surface area contributed by atoms with Gasteiger partial charge < -0.3 is 10.1 Å². The lowest BCUT2D eigenvalue weighted by Gasteiger charge is -2.08. The Kier molecular flexibility index (Phi) is 4.63. The molecule has 0 bridgehead atoms. The SMILES string of the molecule is COCCNCc1cc(C)ccc1C. The van der Waals surface area contributed by atoms with Gasteiger partial charge in [0, 0.05) is 20.2 Å². The molecule has 2 heteroatoms. The first-order chi connectivity index (χ1) is 6.74. The largest absolute Gasteiger partial charge is 0.383 e. The van der Waals surface area contributed by atoms with Gasteiger partial charge in [0.25, 0.3) is 0 Å². The van der Waals surface area contributed by atoms with Crippen molar-refractivity contribution in [3.8, 4) is 0 Å². The van der Waals surface area contributed by atoms with E-state index in [-0.39, 0.29) is 0 Å². The Morgan fingerprint density at radius 1 is 1.29 bits per heavy atom. The van der Waals surface area contributed by atoms with Gasteiger partial charge in [-0.25, -0.2) is 0 Å². The Bertz CT molecular complexity index is 284. The van der Waals surface area contributed by atoms with Gasteiger partial charge in [-0.2, -0.15) is 0 Å². The fraction of sp³-hybridized carbons (Fsp3) is 0.500. The molecule has 1 rings (SSSR count).